The van der Waals surface area contributed by atoms with Gasteiger partial charge in [-0.3, -0.25) is 14.4 Å². The lowest BCUT2D eigenvalue weighted by molar-refractivity contribution is -0.155. The van der Waals surface area contributed by atoms with E-state index in [1.54, 1.807) is 23.6 Å². The Kier molecular flexibility index (Phi) is 7.11. The maximum Gasteiger partial charge on any atom is 0.311 e. The van der Waals surface area contributed by atoms with Gasteiger partial charge in [0.25, 0.3) is 0 Å². The van der Waals surface area contributed by atoms with E-state index < -0.39 is 22.6 Å². The topological polar surface area (TPSA) is 95.9 Å². The third-order valence-corrected chi connectivity index (χ3v) is 10.1. The fourth-order valence-electron chi connectivity index (χ4n) is 6.65. The molecule has 0 aromatic heterocycles. The molecule has 8 heteroatoms. The van der Waals surface area contributed by atoms with Gasteiger partial charge in [0.05, 0.1) is 23.2 Å². The number of ether oxygens (including phenoxy) is 1. The molecule has 1 spiro atoms. The average molecular weight is 467 g/mol. The van der Waals surface area contributed by atoms with Crippen molar-refractivity contribution in [2.45, 2.75) is 99.6 Å². The second kappa shape index (κ2) is 9.53. The maximum atomic E-state index is 13.8. The molecule has 3 aliphatic heterocycles. The number of hydrogen-bond acceptors (Lipinski definition) is 6. The minimum absolute atomic E-state index is 0.0452. The summed E-state index contributed by atoms with van der Waals surface area (Å²) < 4.78 is 4.49. The zero-order valence-corrected chi connectivity index (χ0v) is 20.3. The zero-order chi connectivity index (χ0) is 22.9. The summed E-state index contributed by atoms with van der Waals surface area (Å²) >= 11 is 1.70. The first-order chi connectivity index (χ1) is 15.4. The van der Waals surface area contributed by atoms with Gasteiger partial charge in [-0.15, -0.1) is 11.8 Å². The first-order valence-electron chi connectivity index (χ1n) is 12.5. The molecule has 1 aliphatic carbocycles. The lowest BCUT2D eigenvalue weighted by atomic mass is 9.66. The van der Waals surface area contributed by atoms with Crippen LogP contribution in [-0.2, 0) is 19.1 Å². The number of esters is 1. The van der Waals surface area contributed by atoms with E-state index in [0.29, 0.717) is 19.6 Å². The Bertz CT molecular complexity index is 742. The number of aliphatic hydroxyl groups excluding tert-OH is 1. The van der Waals surface area contributed by atoms with Crippen molar-refractivity contribution in [3.63, 3.8) is 0 Å². The van der Waals surface area contributed by atoms with E-state index in [1.807, 2.05) is 0 Å². The van der Waals surface area contributed by atoms with Gasteiger partial charge in [0, 0.05) is 23.9 Å². The van der Waals surface area contributed by atoms with E-state index in [2.05, 4.69) is 12.2 Å². The third-order valence-electron chi connectivity index (χ3n) is 8.07. The minimum Gasteiger partial charge on any atom is -0.466 e. The van der Waals surface area contributed by atoms with E-state index in [0.717, 1.165) is 51.4 Å². The lowest BCUT2D eigenvalue weighted by Gasteiger charge is -2.35. The number of unbranched alkanes of at least 4 members (excludes halogenated alkanes) is 2. The van der Waals surface area contributed by atoms with Crippen LogP contribution in [0.25, 0.3) is 0 Å². The summed E-state index contributed by atoms with van der Waals surface area (Å²) in [4.78, 5) is 42.3. The van der Waals surface area contributed by atoms with Crippen molar-refractivity contribution in [3.8, 4) is 0 Å². The molecule has 180 valence electrons. The van der Waals surface area contributed by atoms with Crippen molar-refractivity contribution in [1.29, 1.82) is 0 Å². The molecule has 0 radical (unpaired) electrons. The molecule has 2 unspecified atom stereocenters. The Morgan fingerprint density at radius 1 is 1.19 bits per heavy atom. The lowest BCUT2D eigenvalue weighted by Crippen LogP contribution is -2.55. The molecule has 2 N–H and O–H groups in total. The van der Waals surface area contributed by atoms with Crippen LogP contribution < -0.4 is 5.32 Å². The van der Waals surface area contributed by atoms with Gasteiger partial charge in [0.15, 0.2) is 0 Å². The molecule has 7 nitrogen and oxygen atoms in total. The number of nitrogens with zero attached hydrogens (tertiary/aromatic N) is 1. The van der Waals surface area contributed by atoms with E-state index in [1.165, 1.54) is 6.42 Å². The summed E-state index contributed by atoms with van der Waals surface area (Å²) in [5, 5.41) is 12.4. The number of nitrogens with one attached hydrogen (secondary N) is 1. The van der Waals surface area contributed by atoms with Gasteiger partial charge in [-0.2, -0.15) is 0 Å². The second-order valence-corrected chi connectivity index (χ2v) is 12.0. The van der Waals surface area contributed by atoms with E-state index in [9.17, 15) is 14.4 Å². The number of carbonyl (C=O) groups is 3. The molecule has 0 aromatic carbocycles. The minimum atomic E-state index is -0.557. The number of amides is 2. The SMILES string of the molecule is CCOC(=O)[C@H]1[C@H]2C(=O)N(CCCCCO)C(C(=O)NC3CCCCC3)C23CC[C@]1(C)S3. The molecule has 4 fully saturated rings. The van der Waals surface area contributed by atoms with Crippen LogP contribution in [0.5, 0.6) is 0 Å². The first kappa shape index (κ1) is 23.9. The van der Waals surface area contributed by atoms with E-state index >= 15 is 0 Å². The standard InChI is InChI=1S/C24H38N2O5S/c1-3-31-22(30)18-17-21(29)26(14-8-5-9-15-27)19(24(17)13-12-23(18,2)32-24)20(28)25-16-10-6-4-7-11-16/h16-19,27H,3-15H2,1-2H3,(H,25,28)/t17-,18+,19?,23-,24?/m0/s1. The quantitative estimate of drug-likeness (QED) is 0.401. The molecule has 4 aliphatic rings. The normalized spacial score (nSPS) is 36.4. The van der Waals surface area contributed by atoms with Gasteiger partial charge in [-0.05, 0) is 58.8 Å². The molecule has 2 bridgehead atoms. The molecule has 32 heavy (non-hydrogen) atoms. The van der Waals surface area contributed by atoms with Crippen molar-refractivity contribution in [1.82, 2.24) is 10.2 Å². The molecule has 0 aromatic rings. The largest absolute Gasteiger partial charge is 0.466 e. The Morgan fingerprint density at radius 3 is 2.62 bits per heavy atom. The zero-order valence-electron chi connectivity index (χ0n) is 19.4. The summed E-state index contributed by atoms with van der Waals surface area (Å²) in [5.74, 6) is -1.40. The maximum absolute atomic E-state index is 13.8. The molecular weight excluding hydrogens is 428 g/mol. The summed E-state index contributed by atoms with van der Waals surface area (Å²) in [5.41, 5.74) is 0. The van der Waals surface area contributed by atoms with Crippen LogP contribution in [0.4, 0.5) is 0 Å². The van der Waals surface area contributed by atoms with Crippen LogP contribution in [-0.4, -0.2) is 69.1 Å². The summed E-state index contributed by atoms with van der Waals surface area (Å²) in [7, 11) is 0. The van der Waals surface area contributed by atoms with E-state index in [4.69, 9.17) is 9.84 Å². The van der Waals surface area contributed by atoms with Crippen molar-refractivity contribution in [3.05, 3.63) is 0 Å². The van der Waals surface area contributed by atoms with Crippen LogP contribution in [0.2, 0.25) is 0 Å². The van der Waals surface area contributed by atoms with Gasteiger partial charge in [0.1, 0.15) is 6.04 Å². The number of rotatable bonds is 9. The Morgan fingerprint density at radius 2 is 1.94 bits per heavy atom. The highest BCUT2D eigenvalue weighted by molar-refractivity contribution is 8.02. The highest BCUT2D eigenvalue weighted by Crippen LogP contribution is 2.71. The number of aliphatic hydroxyl groups is 1. The van der Waals surface area contributed by atoms with Gasteiger partial charge in [-0.25, -0.2) is 0 Å². The summed E-state index contributed by atoms with van der Waals surface area (Å²) in [6.07, 6.45) is 9.30. The van der Waals surface area contributed by atoms with Crippen molar-refractivity contribution >= 4 is 29.5 Å². The number of thioether (sulfide) groups is 1. The summed E-state index contributed by atoms with van der Waals surface area (Å²) in [6.45, 7) is 4.78. The van der Waals surface area contributed by atoms with Crippen molar-refractivity contribution in [2.24, 2.45) is 11.8 Å². The number of carbonyl (C=O) groups excluding carboxylic acids is 3. The highest BCUT2D eigenvalue weighted by Gasteiger charge is 2.77. The smallest absolute Gasteiger partial charge is 0.311 e. The van der Waals surface area contributed by atoms with Crippen molar-refractivity contribution < 1.29 is 24.2 Å². The van der Waals surface area contributed by atoms with Gasteiger partial charge >= 0.3 is 5.97 Å². The molecule has 2 amide bonds. The molecule has 1 saturated carbocycles. The van der Waals surface area contributed by atoms with Crippen LogP contribution in [0.1, 0.15) is 78.1 Å². The number of fused-ring (bicyclic) bond motifs is 1. The van der Waals surface area contributed by atoms with Crippen molar-refractivity contribution in [2.75, 3.05) is 19.8 Å². The Labute approximate surface area is 195 Å². The van der Waals surface area contributed by atoms with Gasteiger partial charge in [-0.1, -0.05) is 19.3 Å². The van der Waals surface area contributed by atoms with Crippen LogP contribution in [0.3, 0.4) is 0 Å². The van der Waals surface area contributed by atoms with Crippen LogP contribution in [0.15, 0.2) is 0 Å². The third kappa shape index (κ3) is 3.95. The van der Waals surface area contributed by atoms with Gasteiger partial charge < -0.3 is 20.1 Å². The molecule has 3 heterocycles. The molecule has 5 atom stereocenters. The Balaban J connectivity index is 1.62. The first-order valence-corrected chi connectivity index (χ1v) is 13.3. The monoisotopic (exact) mass is 466 g/mol. The van der Waals surface area contributed by atoms with Crippen LogP contribution in [0, 0.1) is 11.8 Å². The molecule has 3 saturated heterocycles. The van der Waals surface area contributed by atoms with Gasteiger partial charge in [0.2, 0.25) is 11.8 Å². The highest BCUT2D eigenvalue weighted by atomic mass is 32.2. The number of likely N-dealkylation sites (tertiary alicyclic amines) is 1. The number of hydrogen-bond donors (Lipinski definition) is 2. The fourth-order valence-corrected chi connectivity index (χ4v) is 9.00. The van der Waals surface area contributed by atoms with E-state index in [-0.39, 0.29) is 35.2 Å². The van der Waals surface area contributed by atoms with Crippen LogP contribution >= 0.6 is 11.8 Å². The average Bonchev–Trinajstić information content (AvgIpc) is 3.33. The molecule has 4 rings (SSSR count). The molecular formula is C24H38N2O5S. The Hall–Kier alpha value is -1.28. The second-order valence-electron chi connectivity index (χ2n) is 10.1. The fraction of sp³-hybridized carbons (Fsp3) is 0.875. The summed E-state index contributed by atoms with van der Waals surface area (Å²) in [6, 6.07) is -0.361. The predicted molar refractivity (Wildman–Crippen MR) is 123 cm³/mol. The predicted octanol–water partition coefficient (Wildman–Crippen LogP) is 2.64.